The summed E-state index contributed by atoms with van der Waals surface area (Å²) in [6.07, 6.45) is 4.52. The highest BCUT2D eigenvalue weighted by molar-refractivity contribution is 5.89. The first kappa shape index (κ1) is 14.3. The van der Waals surface area contributed by atoms with Crippen LogP contribution in [0.15, 0.2) is 36.7 Å². The van der Waals surface area contributed by atoms with E-state index in [1.807, 2.05) is 30.5 Å². The summed E-state index contributed by atoms with van der Waals surface area (Å²) >= 11 is 0. The second-order valence-corrected chi connectivity index (χ2v) is 4.65. The monoisotopic (exact) mass is 272 g/mol. The van der Waals surface area contributed by atoms with Gasteiger partial charge in [0.1, 0.15) is 5.82 Å². The van der Waals surface area contributed by atoms with Gasteiger partial charge in [0.05, 0.1) is 6.04 Å². The molecule has 1 aromatic carbocycles. The number of nitrogens with one attached hydrogen (secondary N) is 3. The van der Waals surface area contributed by atoms with Crippen molar-refractivity contribution in [1.82, 2.24) is 15.3 Å². The third-order valence-electron chi connectivity index (χ3n) is 3.12. The Morgan fingerprint density at radius 3 is 2.85 bits per heavy atom. The zero-order valence-electron chi connectivity index (χ0n) is 11.8. The van der Waals surface area contributed by atoms with Gasteiger partial charge in [-0.15, -0.1) is 0 Å². The van der Waals surface area contributed by atoms with Crippen molar-refractivity contribution in [3.05, 3.63) is 48.0 Å². The minimum atomic E-state index is -0.0597. The number of aromatic nitrogens is 2. The minimum Gasteiger partial charge on any atom is -0.347 e. The molecule has 5 heteroatoms. The van der Waals surface area contributed by atoms with Gasteiger partial charge in [-0.1, -0.05) is 25.1 Å². The maximum absolute atomic E-state index is 11.2. The second-order valence-electron chi connectivity index (χ2n) is 4.65. The number of aromatic amines is 1. The summed E-state index contributed by atoms with van der Waals surface area (Å²) in [7, 11) is 0. The Balaban J connectivity index is 2.04. The van der Waals surface area contributed by atoms with Crippen LogP contribution in [0, 0.1) is 0 Å². The molecule has 0 aliphatic carbocycles. The average Bonchev–Trinajstić information content (AvgIpc) is 2.95. The van der Waals surface area contributed by atoms with Crippen molar-refractivity contribution in [2.45, 2.75) is 32.9 Å². The van der Waals surface area contributed by atoms with E-state index in [0.29, 0.717) is 6.54 Å². The Morgan fingerprint density at radius 1 is 1.40 bits per heavy atom. The van der Waals surface area contributed by atoms with Gasteiger partial charge >= 0.3 is 0 Å². The highest BCUT2D eigenvalue weighted by Gasteiger charge is 2.12. The third-order valence-corrected chi connectivity index (χ3v) is 3.12. The number of anilines is 1. The lowest BCUT2D eigenvalue weighted by atomic mass is 10.1. The maximum Gasteiger partial charge on any atom is 0.221 e. The van der Waals surface area contributed by atoms with Crippen LogP contribution in [0.5, 0.6) is 0 Å². The number of para-hydroxylation sites is 1. The summed E-state index contributed by atoms with van der Waals surface area (Å²) in [5.74, 6) is 0.875. The van der Waals surface area contributed by atoms with Crippen LogP contribution >= 0.6 is 0 Å². The van der Waals surface area contributed by atoms with Crippen molar-refractivity contribution in [1.29, 1.82) is 0 Å². The van der Waals surface area contributed by atoms with Gasteiger partial charge in [-0.05, 0) is 18.1 Å². The van der Waals surface area contributed by atoms with Crippen LogP contribution in [-0.4, -0.2) is 15.9 Å². The standard InChI is InChI=1S/C15H20N4O/c1-3-13(15-16-8-9-17-15)18-10-12-6-4-5-7-14(12)19-11(2)20/h4-9,13,18H,3,10H2,1-2H3,(H,16,17)(H,19,20). The van der Waals surface area contributed by atoms with Gasteiger partial charge in [0, 0.05) is 31.5 Å². The van der Waals surface area contributed by atoms with Crippen LogP contribution in [0.1, 0.15) is 37.7 Å². The number of hydrogen-bond acceptors (Lipinski definition) is 3. The highest BCUT2D eigenvalue weighted by Crippen LogP contribution is 2.17. The zero-order chi connectivity index (χ0) is 14.4. The quantitative estimate of drug-likeness (QED) is 0.757. The minimum absolute atomic E-state index is 0.0597. The van der Waals surface area contributed by atoms with Gasteiger partial charge in [-0.25, -0.2) is 4.98 Å². The molecule has 20 heavy (non-hydrogen) atoms. The molecule has 106 valence electrons. The molecule has 1 heterocycles. The van der Waals surface area contributed by atoms with Gasteiger partial charge in [0.15, 0.2) is 0 Å². The molecule has 0 aliphatic heterocycles. The van der Waals surface area contributed by atoms with Crippen molar-refractivity contribution >= 4 is 11.6 Å². The van der Waals surface area contributed by atoms with Crippen molar-refractivity contribution < 1.29 is 4.79 Å². The van der Waals surface area contributed by atoms with E-state index < -0.39 is 0 Å². The van der Waals surface area contributed by atoms with E-state index in [9.17, 15) is 4.79 Å². The van der Waals surface area contributed by atoms with Gasteiger partial charge < -0.3 is 15.6 Å². The number of H-pyrrole nitrogens is 1. The lowest BCUT2D eigenvalue weighted by molar-refractivity contribution is -0.114. The van der Waals surface area contributed by atoms with Crippen LogP contribution in [0.4, 0.5) is 5.69 Å². The largest absolute Gasteiger partial charge is 0.347 e. The average molecular weight is 272 g/mol. The first-order valence-corrected chi connectivity index (χ1v) is 6.79. The Labute approximate surface area is 118 Å². The molecule has 0 saturated carbocycles. The van der Waals surface area contributed by atoms with Crippen molar-refractivity contribution in [3.8, 4) is 0 Å². The van der Waals surface area contributed by atoms with Gasteiger partial charge in [-0.3, -0.25) is 4.79 Å². The molecule has 5 nitrogen and oxygen atoms in total. The van der Waals surface area contributed by atoms with E-state index in [1.54, 1.807) is 6.20 Å². The van der Waals surface area contributed by atoms with Gasteiger partial charge in [0.25, 0.3) is 0 Å². The van der Waals surface area contributed by atoms with Gasteiger partial charge in [-0.2, -0.15) is 0 Å². The number of imidazole rings is 1. The normalized spacial score (nSPS) is 12.1. The molecule has 0 aliphatic rings. The number of rotatable bonds is 6. The Bertz CT molecular complexity index is 551. The zero-order valence-corrected chi connectivity index (χ0v) is 11.8. The SMILES string of the molecule is CCC(NCc1ccccc1NC(C)=O)c1ncc[nH]1. The van der Waals surface area contributed by atoms with Crippen molar-refractivity contribution in [2.24, 2.45) is 0 Å². The number of nitrogens with zero attached hydrogens (tertiary/aromatic N) is 1. The summed E-state index contributed by atoms with van der Waals surface area (Å²) < 4.78 is 0. The number of carbonyl (C=O) groups is 1. The lowest BCUT2D eigenvalue weighted by Crippen LogP contribution is -2.22. The van der Waals surface area contributed by atoms with E-state index in [1.165, 1.54) is 6.92 Å². The molecule has 0 bridgehead atoms. The molecule has 0 saturated heterocycles. The number of carbonyl (C=O) groups excluding carboxylic acids is 1. The second kappa shape index (κ2) is 6.86. The molecular weight excluding hydrogens is 252 g/mol. The third kappa shape index (κ3) is 3.68. The molecular formula is C15H20N4O. The molecule has 0 spiro atoms. The number of benzene rings is 1. The molecule has 2 aromatic rings. The maximum atomic E-state index is 11.2. The van der Waals surface area contributed by atoms with Crippen LogP contribution < -0.4 is 10.6 Å². The topological polar surface area (TPSA) is 69.8 Å². The van der Waals surface area contributed by atoms with E-state index in [2.05, 4.69) is 27.5 Å². The molecule has 0 fully saturated rings. The summed E-state index contributed by atoms with van der Waals surface area (Å²) in [4.78, 5) is 18.6. The predicted octanol–water partition coefficient (Wildman–Crippen LogP) is 2.61. The molecule has 2 rings (SSSR count). The first-order chi connectivity index (χ1) is 9.70. The fraction of sp³-hybridized carbons (Fsp3) is 0.333. The van der Waals surface area contributed by atoms with E-state index >= 15 is 0 Å². The van der Waals surface area contributed by atoms with Crippen LogP contribution in [0.2, 0.25) is 0 Å². The summed E-state index contributed by atoms with van der Waals surface area (Å²) in [5, 5.41) is 6.30. The summed E-state index contributed by atoms with van der Waals surface area (Å²) in [5.41, 5.74) is 1.91. The lowest BCUT2D eigenvalue weighted by Gasteiger charge is -2.16. The molecule has 1 amide bonds. The van der Waals surface area contributed by atoms with Crippen LogP contribution in [0.3, 0.4) is 0 Å². The van der Waals surface area contributed by atoms with E-state index in [0.717, 1.165) is 23.5 Å². The molecule has 1 aromatic heterocycles. The highest BCUT2D eigenvalue weighted by atomic mass is 16.1. The number of amides is 1. The summed E-state index contributed by atoms with van der Waals surface area (Å²) in [6.45, 7) is 4.30. The smallest absolute Gasteiger partial charge is 0.221 e. The Hall–Kier alpha value is -2.14. The predicted molar refractivity (Wildman–Crippen MR) is 79.2 cm³/mol. The Morgan fingerprint density at radius 2 is 2.20 bits per heavy atom. The molecule has 0 radical (unpaired) electrons. The molecule has 1 atom stereocenters. The fourth-order valence-corrected chi connectivity index (χ4v) is 2.12. The Kier molecular flexibility index (Phi) is 4.90. The fourth-order valence-electron chi connectivity index (χ4n) is 2.12. The molecule has 1 unspecified atom stereocenters. The van der Waals surface area contributed by atoms with Crippen molar-refractivity contribution in [3.63, 3.8) is 0 Å². The number of hydrogen-bond donors (Lipinski definition) is 3. The van der Waals surface area contributed by atoms with E-state index in [-0.39, 0.29) is 11.9 Å². The van der Waals surface area contributed by atoms with Crippen LogP contribution in [-0.2, 0) is 11.3 Å². The van der Waals surface area contributed by atoms with Gasteiger partial charge in [0.2, 0.25) is 5.91 Å². The molecule has 3 N–H and O–H groups in total. The summed E-state index contributed by atoms with van der Waals surface area (Å²) in [6, 6.07) is 7.98. The van der Waals surface area contributed by atoms with Crippen LogP contribution in [0.25, 0.3) is 0 Å². The van der Waals surface area contributed by atoms with E-state index in [4.69, 9.17) is 0 Å². The van der Waals surface area contributed by atoms with Crippen molar-refractivity contribution in [2.75, 3.05) is 5.32 Å². The first-order valence-electron chi connectivity index (χ1n) is 6.79.